The first-order chi connectivity index (χ1) is 13.5. The summed E-state index contributed by atoms with van der Waals surface area (Å²) in [6.07, 6.45) is 0. The maximum absolute atomic E-state index is 13.0. The summed E-state index contributed by atoms with van der Waals surface area (Å²) in [4.78, 5) is 27.2. The number of hydrogen-bond acceptors (Lipinski definition) is 3. The minimum Gasteiger partial charge on any atom is -0.484 e. The molecule has 2 aromatic rings. The van der Waals surface area contributed by atoms with E-state index >= 15 is 0 Å². The molecule has 0 bridgehead atoms. The molecule has 29 heavy (non-hydrogen) atoms. The Balaban J connectivity index is 2.15. The molecule has 1 atom stereocenters. The normalized spacial score (nSPS) is 12.2. The lowest BCUT2D eigenvalue weighted by molar-refractivity contribution is -0.142. The minimum absolute atomic E-state index is 0.135. The molecule has 0 saturated carbocycles. The van der Waals surface area contributed by atoms with Crippen molar-refractivity contribution < 1.29 is 14.3 Å². The Morgan fingerprint density at radius 1 is 1.10 bits per heavy atom. The number of hydrogen-bond donors (Lipinski definition) is 1. The summed E-state index contributed by atoms with van der Waals surface area (Å²) >= 11 is 5.63. The van der Waals surface area contributed by atoms with Gasteiger partial charge in [0.05, 0.1) is 0 Å². The van der Waals surface area contributed by atoms with Crippen molar-refractivity contribution in [1.82, 2.24) is 10.2 Å². The quantitative estimate of drug-likeness (QED) is 0.487. The third kappa shape index (κ3) is 7.97. The molecule has 2 amide bonds. The van der Waals surface area contributed by atoms with Crippen LogP contribution in [0.25, 0.3) is 0 Å². The summed E-state index contributed by atoms with van der Waals surface area (Å²) in [5.41, 5.74) is 0.557. The lowest BCUT2D eigenvalue weighted by Crippen LogP contribution is -2.53. The molecule has 0 spiro atoms. The predicted octanol–water partition coefficient (Wildman–Crippen LogP) is 4.76. The molecule has 0 aliphatic heterocycles. The summed E-state index contributed by atoms with van der Waals surface area (Å²) in [5, 5.41) is 2.95. The molecule has 0 unspecified atom stereocenters. The lowest BCUT2D eigenvalue weighted by Gasteiger charge is -2.31. The van der Waals surface area contributed by atoms with Gasteiger partial charge in [-0.1, -0.05) is 28.1 Å². The van der Waals surface area contributed by atoms with Crippen LogP contribution in [-0.2, 0) is 16.1 Å². The van der Waals surface area contributed by atoms with Gasteiger partial charge in [0.25, 0.3) is 5.91 Å². The van der Waals surface area contributed by atoms with Crippen LogP contribution in [0.2, 0.25) is 0 Å². The van der Waals surface area contributed by atoms with Gasteiger partial charge in [0.15, 0.2) is 6.61 Å². The summed E-state index contributed by atoms with van der Waals surface area (Å²) in [7, 11) is 0. The van der Waals surface area contributed by atoms with Crippen LogP contribution >= 0.6 is 38.5 Å². The molecule has 7 heteroatoms. The number of ether oxygens (including phenoxy) is 1. The Hall–Kier alpha value is -1.61. The second-order valence-electron chi connectivity index (χ2n) is 7.81. The van der Waals surface area contributed by atoms with E-state index in [1.165, 1.54) is 0 Å². The first kappa shape index (κ1) is 23.7. The van der Waals surface area contributed by atoms with Crippen LogP contribution in [0.15, 0.2) is 53.0 Å². The molecular weight excluding hydrogens is 547 g/mol. The zero-order chi connectivity index (χ0) is 21.6. The number of nitrogens with zero attached hydrogens (tertiary/aromatic N) is 1. The van der Waals surface area contributed by atoms with Crippen LogP contribution in [-0.4, -0.2) is 34.9 Å². The summed E-state index contributed by atoms with van der Waals surface area (Å²) in [6, 6.07) is 14.5. The first-order valence-electron chi connectivity index (χ1n) is 9.29. The van der Waals surface area contributed by atoms with E-state index in [0.29, 0.717) is 12.3 Å². The van der Waals surface area contributed by atoms with Gasteiger partial charge in [0.2, 0.25) is 5.91 Å². The maximum atomic E-state index is 13.0. The van der Waals surface area contributed by atoms with E-state index in [0.717, 1.165) is 13.6 Å². The fourth-order valence-electron chi connectivity index (χ4n) is 2.60. The first-order valence-corrected chi connectivity index (χ1v) is 11.2. The number of rotatable bonds is 7. The molecule has 2 rings (SSSR count). The number of benzene rings is 2. The summed E-state index contributed by atoms with van der Waals surface area (Å²) in [6.45, 7) is 7.67. The lowest BCUT2D eigenvalue weighted by atomic mass is 10.1. The summed E-state index contributed by atoms with van der Waals surface area (Å²) in [5.74, 6) is 0.175. The Labute approximate surface area is 194 Å². The Kier molecular flexibility index (Phi) is 8.51. The standard InChI is InChI=1S/C22H26BrIN2O3/c1-15(21(28)25-22(2,3)4)26(13-16-5-7-17(23)8-6-16)20(27)14-29-19-11-9-18(24)10-12-19/h5-12,15H,13-14H2,1-4H3,(H,25,28)/t15-/m0/s1. The van der Waals surface area contributed by atoms with Crippen LogP contribution in [0, 0.1) is 3.57 Å². The fourth-order valence-corrected chi connectivity index (χ4v) is 3.23. The molecule has 156 valence electrons. The van der Waals surface area contributed by atoms with Gasteiger partial charge >= 0.3 is 0 Å². The molecular formula is C22H26BrIN2O3. The Morgan fingerprint density at radius 3 is 2.24 bits per heavy atom. The Morgan fingerprint density at radius 2 is 1.69 bits per heavy atom. The van der Waals surface area contributed by atoms with Crippen molar-refractivity contribution in [3.63, 3.8) is 0 Å². The number of nitrogens with one attached hydrogen (secondary N) is 1. The highest BCUT2D eigenvalue weighted by Gasteiger charge is 2.28. The monoisotopic (exact) mass is 572 g/mol. The molecule has 5 nitrogen and oxygen atoms in total. The van der Waals surface area contributed by atoms with E-state index in [4.69, 9.17) is 4.74 Å². The minimum atomic E-state index is -0.634. The molecule has 2 aromatic carbocycles. The van der Waals surface area contributed by atoms with Crippen molar-refractivity contribution in [3.05, 3.63) is 62.1 Å². The average Bonchev–Trinajstić information content (AvgIpc) is 2.65. The molecule has 0 aliphatic carbocycles. The van der Waals surface area contributed by atoms with E-state index in [2.05, 4.69) is 43.8 Å². The SMILES string of the molecule is C[C@@H](C(=O)NC(C)(C)C)N(Cc1ccc(Br)cc1)C(=O)COc1ccc(I)cc1. The van der Waals surface area contributed by atoms with Crippen molar-refractivity contribution in [2.75, 3.05) is 6.61 Å². The molecule has 0 aliphatic rings. The van der Waals surface area contributed by atoms with Crippen molar-refractivity contribution in [2.45, 2.75) is 45.8 Å². The highest BCUT2D eigenvalue weighted by atomic mass is 127. The van der Waals surface area contributed by atoms with Crippen molar-refractivity contribution >= 4 is 50.3 Å². The number of carbonyl (C=O) groups excluding carboxylic acids is 2. The van der Waals surface area contributed by atoms with Gasteiger partial charge in [-0.25, -0.2) is 0 Å². The van der Waals surface area contributed by atoms with Gasteiger partial charge in [-0.15, -0.1) is 0 Å². The molecule has 0 radical (unpaired) electrons. The maximum Gasteiger partial charge on any atom is 0.261 e. The zero-order valence-corrected chi connectivity index (χ0v) is 20.8. The summed E-state index contributed by atoms with van der Waals surface area (Å²) < 4.78 is 7.70. The van der Waals surface area contributed by atoms with Gasteiger partial charge in [0, 0.05) is 20.1 Å². The van der Waals surface area contributed by atoms with Gasteiger partial charge in [-0.3, -0.25) is 9.59 Å². The number of amides is 2. The molecule has 0 saturated heterocycles. The predicted molar refractivity (Wildman–Crippen MR) is 127 cm³/mol. The van der Waals surface area contributed by atoms with Gasteiger partial charge in [0.1, 0.15) is 11.8 Å². The third-order valence-electron chi connectivity index (χ3n) is 4.11. The van der Waals surface area contributed by atoms with E-state index in [9.17, 15) is 9.59 Å². The van der Waals surface area contributed by atoms with E-state index < -0.39 is 6.04 Å². The van der Waals surface area contributed by atoms with Crippen LogP contribution in [0.3, 0.4) is 0 Å². The van der Waals surface area contributed by atoms with Gasteiger partial charge in [-0.05, 0) is 92.2 Å². The topological polar surface area (TPSA) is 58.6 Å². The largest absolute Gasteiger partial charge is 0.484 e. The van der Waals surface area contributed by atoms with E-state index in [1.807, 2.05) is 69.3 Å². The molecule has 1 N–H and O–H groups in total. The molecule has 0 heterocycles. The van der Waals surface area contributed by atoms with E-state index in [-0.39, 0.29) is 24.0 Å². The van der Waals surface area contributed by atoms with Gasteiger partial charge < -0.3 is 15.0 Å². The highest BCUT2D eigenvalue weighted by molar-refractivity contribution is 14.1. The van der Waals surface area contributed by atoms with Crippen LogP contribution in [0.1, 0.15) is 33.3 Å². The van der Waals surface area contributed by atoms with E-state index in [1.54, 1.807) is 11.8 Å². The average molecular weight is 573 g/mol. The van der Waals surface area contributed by atoms with Gasteiger partial charge in [-0.2, -0.15) is 0 Å². The van der Waals surface area contributed by atoms with Crippen LogP contribution < -0.4 is 10.1 Å². The molecule has 0 fully saturated rings. The second kappa shape index (κ2) is 10.4. The fraction of sp³-hybridized carbons (Fsp3) is 0.364. The third-order valence-corrected chi connectivity index (χ3v) is 5.36. The van der Waals surface area contributed by atoms with Crippen molar-refractivity contribution in [3.8, 4) is 5.75 Å². The second-order valence-corrected chi connectivity index (χ2v) is 9.97. The molecule has 0 aromatic heterocycles. The zero-order valence-electron chi connectivity index (χ0n) is 17.0. The van der Waals surface area contributed by atoms with Crippen molar-refractivity contribution in [2.24, 2.45) is 0 Å². The van der Waals surface area contributed by atoms with Crippen molar-refractivity contribution in [1.29, 1.82) is 0 Å². The van der Waals surface area contributed by atoms with Crippen LogP contribution in [0.5, 0.6) is 5.75 Å². The number of halogens is 2. The Bertz CT molecular complexity index is 833. The van der Waals surface area contributed by atoms with Crippen LogP contribution in [0.4, 0.5) is 0 Å². The number of carbonyl (C=O) groups is 2. The smallest absolute Gasteiger partial charge is 0.261 e. The highest BCUT2D eigenvalue weighted by Crippen LogP contribution is 2.17.